The van der Waals surface area contributed by atoms with Crippen molar-refractivity contribution in [3.05, 3.63) is 28.8 Å². The van der Waals surface area contributed by atoms with Gasteiger partial charge in [0.2, 0.25) is 0 Å². The summed E-state index contributed by atoms with van der Waals surface area (Å²) >= 11 is 0. The topological polar surface area (TPSA) is 55.8 Å². The molecule has 92 valence electrons. The fraction of sp³-hybridized carbons (Fsp3) is 0.308. The Morgan fingerprint density at radius 1 is 1.24 bits per heavy atom. The maximum absolute atomic E-state index is 10.8. The summed E-state index contributed by atoms with van der Waals surface area (Å²) in [5, 5.41) is 8.84. The molecule has 1 aromatic rings. The van der Waals surface area contributed by atoms with Crippen LogP contribution in [0.5, 0.6) is 11.5 Å². The molecule has 0 aliphatic rings. The molecule has 0 amide bonds. The van der Waals surface area contributed by atoms with E-state index < -0.39 is 5.97 Å². The molecule has 17 heavy (non-hydrogen) atoms. The molecule has 0 heterocycles. The molecule has 0 radical (unpaired) electrons. The van der Waals surface area contributed by atoms with Crippen molar-refractivity contribution < 1.29 is 19.4 Å². The molecule has 0 atom stereocenters. The first-order chi connectivity index (χ1) is 7.99. The third kappa shape index (κ3) is 3.00. The van der Waals surface area contributed by atoms with Gasteiger partial charge in [-0.3, -0.25) is 0 Å². The number of aliphatic carboxylic acids is 1. The van der Waals surface area contributed by atoms with Gasteiger partial charge >= 0.3 is 5.97 Å². The zero-order chi connectivity index (χ0) is 13.0. The van der Waals surface area contributed by atoms with Crippen LogP contribution < -0.4 is 9.47 Å². The predicted molar refractivity (Wildman–Crippen MR) is 65.6 cm³/mol. The van der Waals surface area contributed by atoms with E-state index in [9.17, 15) is 4.79 Å². The first-order valence-corrected chi connectivity index (χ1v) is 5.13. The Hall–Kier alpha value is -1.97. The van der Waals surface area contributed by atoms with Gasteiger partial charge in [0, 0.05) is 5.57 Å². The Morgan fingerprint density at radius 3 is 2.24 bits per heavy atom. The van der Waals surface area contributed by atoms with E-state index in [4.69, 9.17) is 14.6 Å². The van der Waals surface area contributed by atoms with E-state index in [1.54, 1.807) is 33.3 Å². The van der Waals surface area contributed by atoms with Gasteiger partial charge in [0.15, 0.2) is 11.5 Å². The van der Waals surface area contributed by atoms with E-state index >= 15 is 0 Å². The monoisotopic (exact) mass is 236 g/mol. The highest BCUT2D eigenvalue weighted by Crippen LogP contribution is 2.31. The van der Waals surface area contributed by atoms with Gasteiger partial charge in [-0.1, -0.05) is 0 Å². The van der Waals surface area contributed by atoms with Crippen molar-refractivity contribution in [2.24, 2.45) is 0 Å². The summed E-state index contributed by atoms with van der Waals surface area (Å²) in [5.74, 6) is 0.289. The van der Waals surface area contributed by atoms with Gasteiger partial charge in [0.05, 0.1) is 14.2 Å². The maximum Gasteiger partial charge on any atom is 0.331 e. The fourth-order valence-electron chi connectivity index (χ4n) is 1.45. The third-order valence-electron chi connectivity index (χ3n) is 2.48. The molecule has 1 N–H and O–H groups in total. The Labute approximate surface area is 100 Å². The lowest BCUT2D eigenvalue weighted by Gasteiger charge is -2.10. The summed E-state index contributed by atoms with van der Waals surface area (Å²) in [5.41, 5.74) is 2.02. The molecular formula is C13H16O4. The molecule has 0 fully saturated rings. The minimum atomic E-state index is -0.931. The standard InChI is InChI=1S/C13H16O4/c1-8-6-11(16-3)12(17-4)7-10(8)5-9(2)13(14)15/h5-7H,1-4H3,(H,14,15)/b9-5+. The highest BCUT2D eigenvalue weighted by molar-refractivity contribution is 5.91. The van der Waals surface area contributed by atoms with E-state index in [0.29, 0.717) is 11.5 Å². The largest absolute Gasteiger partial charge is 0.493 e. The van der Waals surface area contributed by atoms with Gasteiger partial charge in [-0.25, -0.2) is 4.79 Å². The summed E-state index contributed by atoms with van der Waals surface area (Å²) in [7, 11) is 3.11. The van der Waals surface area contributed by atoms with Crippen molar-refractivity contribution >= 4 is 12.0 Å². The highest BCUT2D eigenvalue weighted by atomic mass is 16.5. The molecule has 4 heteroatoms. The van der Waals surface area contributed by atoms with Crippen LogP contribution in [0.1, 0.15) is 18.1 Å². The van der Waals surface area contributed by atoms with Gasteiger partial charge in [0.1, 0.15) is 0 Å². The minimum Gasteiger partial charge on any atom is -0.493 e. The molecule has 0 aliphatic heterocycles. The Balaban J connectivity index is 3.26. The first kappa shape index (κ1) is 13.1. The maximum atomic E-state index is 10.8. The summed E-state index contributed by atoms with van der Waals surface area (Å²) in [6, 6.07) is 3.58. The Kier molecular flexibility index (Phi) is 4.15. The van der Waals surface area contributed by atoms with Crippen LogP contribution in [0.2, 0.25) is 0 Å². The molecule has 0 spiro atoms. The van der Waals surface area contributed by atoms with Crippen LogP contribution in [0.4, 0.5) is 0 Å². The molecule has 1 aromatic carbocycles. The number of benzene rings is 1. The van der Waals surface area contributed by atoms with E-state index in [0.717, 1.165) is 11.1 Å². The van der Waals surface area contributed by atoms with E-state index in [1.807, 2.05) is 13.0 Å². The molecule has 4 nitrogen and oxygen atoms in total. The van der Waals surface area contributed by atoms with Crippen molar-refractivity contribution in [2.45, 2.75) is 13.8 Å². The fourth-order valence-corrected chi connectivity index (χ4v) is 1.45. The second kappa shape index (κ2) is 5.39. The van der Waals surface area contributed by atoms with E-state index in [-0.39, 0.29) is 5.57 Å². The van der Waals surface area contributed by atoms with Gasteiger partial charge in [0.25, 0.3) is 0 Å². The molecular weight excluding hydrogens is 220 g/mol. The quantitative estimate of drug-likeness (QED) is 0.816. The molecule has 0 saturated carbocycles. The number of hydrogen-bond acceptors (Lipinski definition) is 3. The normalized spacial score (nSPS) is 11.2. The van der Waals surface area contributed by atoms with E-state index in [2.05, 4.69) is 0 Å². The first-order valence-electron chi connectivity index (χ1n) is 5.13. The lowest BCUT2D eigenvalue weighted by Crippen LogP contribution is -1.97. The SMILES string of the molecule is COc1cc(C)c(/C=C(\C)C(=O)O)cc1OC. The van der Waals surface area contributed by atoms with E-state index in [1.165, 1.54) is 0 Å². The molecule has 1 rings (SSSR count). The van der Waals surface area contributed by atoms with Crippen LogP contribution in [0.15, 0.2) is 17.7 Å². The Bertz CT molecular complexity index is 461. The van der Waals surface area contributed by atoms with Crippen LogP contribution >= 0.6 is 0 Å². The number of hydrogen-bond donors (Lipinski definition) is 1. The van der Waals surface area contributed by atoms with Crippen molar-refractivity contribution in [3.63, 3.8) is 0 Å². The molecule has 0 unspecified atom stereocenters. The molecule has 0 bridgehead atoms. The number of carbonyl (C=O) groups is 1. The van der Waals surface area contributed by atoms with Crippen molar-refractivity contribution in [1.82, 2.24) is 0 Å². The average Bonchev–Trinajstić information content (AvgIpc) is 2.30. The van der Waals surface area contributed by atoms with Gasteiger partial charge in [-0.05, 0) is 43.2 Å². The average molecular weight is 236 g/mol. The molecule has 0 saturated heterocycles. The summed E-state index contributed by atoms with van der Waals surface area (Å²) in [6.07, 6.45) is 1.61. The van der Waals surface area contributed by atoms with Crippen LogP contribution in [0.3, 0.4) is 0 Å². The van der Waals surface area contributed by atoms with Crippen molar-refractivity contribution in [1.29, 1.82) is 0 Å². The van der Waals surface area contributed by atoms with Crippen molar-refractivity contribution in [3.8, 4) is 11.5 Å². The summed E-state index contributed by atoms with van der Waals surface area (Å²) in [4.78, 5) is 10.8. The number of ether oxygens (including phenoxy) is 2. The summed E-state index contributed by atoms with van der Waals surface area (Å²) < 4.78 is 10.3. The van der Waals surface area contributed by atoms with Gasteiger partial charge < -0.3 is 14.6 Å². The minimum absolute atomic E-state index is 0.278. The predicted octanol–water partition coefficient (Wildman–Crippen LogP) is 2.50. The number of methoxy groups -OCH3 is 2. The van der Waals surface area contributed by atoms with Gasteiger partial charge in [-0.2, -0.15) is 0 Å². The Morgan fingerprint density at radius 2 is 1.76 bits per heavy atom. The lowest BCUT2D eigenvalue weighted by molar-refractivity contribution is -0.132. The third-order valence-corrected chi connectivity index (χ3v) is 2.48. The lowest BCUT2D eigenvalue weighted by atomic mass is 10.0. The summed E-state index contributed by atoms with van der Waals surface area (Å²) in [6.45, 7) is 3.45. The van der Waals surface area contributed by atoms with Crippen LogP contribution in [0, 0.1) is 6.92 Å². The number of aryl methyl sites for hydroxylation is 1. The second-order valence-corrected chi connectivity index (χ2v) is 3.70. The van der Waals surface area contributed by atoms with Gasteiger partial charge in [-0.15, -0.1) is 0 Å². The van der Waals surface area contributed by atoms with Crippen LogP contribution in [0.25, 0.3) is 6.08 Å². The molecule has 0 aromatic heterocycles. The van der Waals surface area contributed by atoms with Crippen LogP contribution in [-0.4, -0.2) is 25.3 Å². The highest BCUT2D eigenvalue weighted by Gasteiger charge is 2.08. The number of rotatable bonds is 4. The second-order valence-electron chi connectivity index (χ2n) is 3.70. The smallest absolute Gasteiger partial charge is 0.331 e. The zero-order valence-electron chi connectivity index (χ0n) is 10.4. The zero-order valence-corrected chi connectivity index (χ0v) is 10.4. The van der Waals surface area contributed by atoms with Crippen molar-refractivity contribution in [2.75, 3.05) is 14.2 Å². The molecule has 0 aliphatic carbocycles. The number of carboxylic acids is 1. The number of carboxylic acid groups (broad SMARTS) is 1. The van der Waals surface area contributed by atoms with Crippen LogP contribution in [-0.2, 0) is 4.79 Å².